The average molecular weight is 255 g/mol. The fourth-order valence-corrected chi connectivity index (χ4v) is 2.03. The van der Waals surface area contributed by atoms with Crippen LogP contribution < -0.4 is 15.5 Å². The van der Waals surface area contributed by atoms with E-state index in [9.17, 15) is 13.2 Å². The van der Waals surface area contributed by atoms with E-state index in [2.05, 4.69) is 0 Å². The molecule has 0 unspecified atom stereocenters. The van der Waals surface area contributed by atoms with E-state index in [-0.39, 0.29) is 5.58 Å². The first-order valence-electron chi connectivity index (χ1n) is 4.57. The normalized spacial score (nSPS) is 11.6. The summed E-state index contributed by atoms with van der Waals surface area (Å²) < 4.78 is 32.3. The number of nitrogens with two attached hydrogens (primary N) is 1. The minimum Gasteiger partial charge on any atom is -0.496 e. The van der Waals surface area contributed by atoms with Gasteiger partial charge in [0.1, 0.15) is 11.3 Å². The van der Waals surface area contributed by atoms with Crippen LogP contribution in [0.4, 0.5) is 0 Å². The van der Waals surface area contributed by atoms with Gasteiger partial charge in [0.05, 0.1) is 12.5 Å². The van der Waals surface area contributed by atoms with Gasteiger partial charge < -0.3 is 9.15 Å². The zero-order chi connectivity index (χ0) is 12.6. The molecule has 2 rings (SSSR count). The largest absolute Gasteiger partial charge is 0.496 e. The Balaban J connectivity index is 2.92. The SMILES string of the molecule is COc1cccc2oc(=O)c(S(N)(=O)=O)cc12. The second-order valence-corrected chi connectivity index (χ2v) is 4.85. The van der Waals surface area contributed by atoms with E-state index >= 15 is 0 Å². The summed E-state index contributed by atoms with van der Waals surface area (Å²) in [5, 5.41) is 5.29. The summed E-state index contributed by atoms with van der Waals surface area (Å²) in [5.74, 6) is 0.399. The molecular formula is C10H9NO5S. The first-order valence-corrected chi connectivity index (χ1v) is 6.12. The Morgan fingerprint density at radius 3 is 2.65 bits per heavy atom. The average Bonchev–Trinajstić information content (AvgIpc) is 2.25. The smallest absolute Gasteiger partial charge is 0.356 e. The molecular weight excluding hydrogens is 246 g/mol. The molecule has 1 heterocycles. The fraction of sp³-hybridized carbons (Fsp3) is 0.100. The first kappa shape index (κ1) is 11.6. The van der Waals surface area contributed by atoms with Crippen molar-refractivity contribution >= 4 is 21.0 Å². The lowest BCUT2D eigenvalue weighted by molar-refractivity contribution is 0.418. The fourth-order valence-electron chi connectivity index (χ4n) is 1.47. The van der Waals surface area contributed by atoms with Gasteiger partial charge in [-0.25, -0.2) is 18.4 Å². The molecule has 2 N–H and O–H groups in total. The summed E-state index contributed by atoms with van der Waals surface area (Å²) in [6.45, 7) is 0. The van der Waals surface area contributed by atoms with Gasteiger partial charge in [0.15, 0.2) is 4.90 Å². The van der Waals surface area contributed by atoms with Crippen LogP contribution in [0.5, 0.6) is 5.75 Å². The molecule has 7 heteroatoms. The maximum Gasteiger partial charge on any atom is 0.356 e. The van der Waals surface area contributed by atoms with Gasteiger partial charge >= 0.3 is 5.63 Å². The predicted octanol–water partition coefficient (Wildman–Crippen LogP) is 0.449. The highest BCUT2D eigenvalue weighted by molar-refractivity contribution is 7.89. The van der Waals surface area contributed by atoms with Gasteiger partial charge in [-0.1, -0.05) is 6.07 Å². The maximum atomic E-state index is 11.4. The minimum absolute atomic E-state index is 0.238. The Hall–Kier alpha value is -1.86. The summed E-state index contributed by atoms with van der Waals surface area (Å²) in [6, 6.07) is 5.93. The topological polar surface area (TPSA) is 99.6 Å². The minimum atomic E-state index is -4.11. The highest BCUT2D eigenvalue weighted by atomic mass is 32.2. The molecule has 1 aromatic carbocycles. The lowest BCUT2D eigenvalue weighted by atomic mass is 10.2. The van der Waals surface area contributed by atoms with Crippen molar-refractivity contribution < 1.29 is 17.6 Å². The summed E-state index contributed by atoms with van der Waals surface area (Å²) >= 11 is 0. The van der Waals surface area contributed by atoms with Crippen molar-refractivity contribution in [1.82, 2.24) is 0 Å². The second-order valence-electron chi connectivity index (χ2n) is 3.32. The summed E-state index contributed by atoms with van der Waals surface area (Å²) in [5.41, 5.74) is -0.755. The van der Waals surface area contributed by atoms with Crippen LogP contribution in [0.15, 0.2) is 38.4 Å². The highest BCUT2D eigenvalue weighted by Crippen LogP contribution is 2.25. The van der Waals surface area contributed by atoms with Gasteiger partial charge in [0.25, 0.3) is 0 Å². The van der Waals surface area contributed by atoms with Crippen molar-refractivity contribution in [2.75, 3.05) is 7.11 Å². The number of primary sulfonamides is 1. The maximum absolute atomic E-state index is 11.4. The van der Waals surface area contributed by atoms with Crippen LogP contribution in [0, 0.1) is 0 Å². The number of hydrogen-bond acceptors (Lipinski definition) is 5. The number of sulfonamides is 1. The quantitative estimate of drug-likeness (QED) is 0.785. The van der Waals surface area contributed by atoms with E-state index in [1.54, 1.807) is 12.1 Å². The van der Waals surface area contributed by atoms with E-state index in [1.807, 2.05) is 0 Å². The van der Waals surface area contributed by atoms with Crippen molar-refractivity contribution in [3.63, 3.8) is 0 Å². The Morgan fingerprint density at radius 2 is 2.06 bits per heavy atom. The van der Waals surface area contributed by atoms with Crippen LogP contribution >= 0.6 is 0 Å². The van der Waals surface area contributed by atoms with Gasteiger partial charge in [0, 0.05) is 0 Å². The molecule has 0 atom stereocenters. The standard InChI is InChI=1S/C10H9NO5S/c1-15-7-3-2-4-8-6(7)5-9(10(12)16-8)17(11,13)14/h2-5H,1H3,(H2,11,13,14). The number of fused-ring (bicyclic) bond motifs is 1. The van der Waals surface area contributed by atoms with E-state index in [1.165, 1.54) is 13.2 Å². The first-order chi connectivity index (χ1) is 7.93. The summed E-state index contributed by atoms with van der Waals surface area (Å²) in [4.78, 5) is 10.8. The Kier molecular flexibility index (Phi) is 2.64. The molecule has 0 amide bonds. The molecule has 17 heavy (non-hydrogen) atoms. The molecule has 6 nitrogen and oxygen atoms in total. The van der Waals surface area contributed by atoms with Crippen LogP contribution in [-0.2, 0) is 10.0 Å². The van der Waals surface area contributed by atoms with Crippen molar-refractivity contribution in [2.45, 2.75) is 4.90 Å². The van der Waals surface area contributed by atoms with E-state index < -0.39 is 20.5 Å². The van der Waals surface area contributed by atoms with E-state index in [0.29, 0.717) is 11.1 Å². The molecule has 0 aliphatic carbocycles. The van der Waals surface area contributed by atoms with Crippen molar-refractivity contribution in [3.05, 3.63) is 34.7 Å². The molecule has 0 saturated carbocycles. The van der Waals surface area contributed by atoms with Gasteiger partial charge in [0.2, 0.25) is 10.0 Å². The monoisotopic (exact) mass is 255 g/mol. The van der Waals surface area contributed by atoms with Crippen LogP contribution in [-0.4, -0.2) is 15.5 Å². The van der Waals surface area contributed by atoms with Crippen molar-refractivity contribution in [2.24, 2.45) is 5.14 Å². The lowest BCUT2D eigenvalue weighted by Crippen LogP contribution is -2.20. The van der Waals surface area contributed by atoms with Crippen LogP contribution in [0.1, 0.15) is 0 Å². The highest BCUT2D eigenvalue weighted by Gasteiger charge is 2.17. The zero-order valence-electron chi connectivity index (χ0n) is 8.84. The third-order valence-electron chi connectivity index (χ3n) is 2.23. The van der Waals surface area contributed by atoms with Gasteiger partial charge in [-0.05, 0) is 18.2 Å². The molecule has 0 radical (unpaired) electrons. The second kappa shape index (κ2) is 3.86. The van der Waals surface area contributed by atoms with E-state index in [0.717, 1.165) is 6.07 Å². The molecule has 90 valence electrons. The van der Waals surface area contributed by atoms with Crippen molar-refractivity contribution in [1.29, 1.82) is 0 Å². The van der Waals surface area contributed by atoms with Crippen LogP contribution in [0.3, 0.4) is 0 Å². The number of ether oxygens (including phenoxy) is 1. The van der Waals surface area contributed by atoms with Gasteiger partial charge in [-0.2, -0.15) is 0 Å². The third-order valence-corrected chi connectivity index (χ3v) is 3.13. The van der Waals surface area contributed by atoms with Crippen molar-refractivity contribution in [3.8, 4) is 5.75 Å². The third kappa shape index (κ3) is 2.02. The van der Waals surface area contributed by atoms with Crippen LogP contribution in [0.25, 0.3) is 11.0 Å². The molecule has 0 bridgehead atoms. The molecule has 0 aliphatic rings. The number of benzene rings is 1. The van der Waals surface area contributed by atoms with Gasteiger partial charge in [-0.3, -0.25) is 0 Å². The Labute approximate surface area is 96.7 Å². The number of methoxy groups -OCH3 is 1. The molecule has 0 aliphatic heterocycles. The van der Waals surface area contributed by atoms with Gasteiger partial charge in [-0.15, -0.1) is 0 Å². The Morgan fingerprint density at radius 1 is 1.35 bits per heavy atom. The lowest BCUT2D eigenvalue weighted by Gasteiger charge is -2.04. The number of hydrogen-bond donors (Lipinski definition) is 1. The van der Waals surface area contributed by atoms with E-state index in [4.69, 9.17) is 14.3 Å². The zero-order valence-corrected chi connectivity index (χ0v) is 9.65. The summed E-state index contributed by atoms with van der Waals surface area (Å²) in [7, 11) is -2.68. The number of rotatable bonds is 2. The predicted molar refractivity (Wildman–Crippen MR) is 60.4 cm³/mol. The molecule has 0 fully saturated rings. The molecule has 0 spiro atoms. The molecule has 0 saturated heterocycles. The summed E-state index contributed by atoms with van der Waals surface area (Å²) in [6.07, 6.45) is 0. The van der Waals surface area contributed by atoms with Crippen LogP contribution in [0.2, 0.25) is 0 Å². The molecule has 2 aromatic rings. The Bertz CT molecular complexity index is 732. The molecule has 1 aromatic heterocycles.